The fourth-order valence-corrected chi connectivity index (χ4v) is 1.00. The maximum absolute atomic E-state index is 12.2. The Labute approximate surface area is 95.4 Å². The van der Waals surface area contributed by atoms with Crippen LogP contribution in [0.5, 0.6) is 0 Å². The summed E-state index contributed by atoms with van der Waals surface area (Å²) in [5, 5.41) is 19.4. The number of rotatable bonds is 2. The Kier molecular flexibility index (Phi) is 3.74. The predicted molar refractivity (Wildman–Crippen MR) is 54.4 cm³/mol. The number of alkyl halides is 3. The highest BCUT2D eigenvalue weighted by Crippen LogP contribution is 2.29. The van der Waals surface area contributed by atoms with Crippen LogP contribution in [-0.4, -0.2) is 0 Å². The van der Waals surface area contributed by atoms with Crippen molar-refractivity contribution in [3.8, 4) is 12.1 Å². The zero-order chi connectivity index (χ0) is 12.9. The largest absolute Gasteiger partial charge is 0.416 e. The number of anilines is 1. The van der Waals surface area contributed by atoms with Gasteiger partial charge in [-0.1, -0.05) is 0 Å². The Morgan fingerprint density at radius 3 is 2.06 bits per heavy atom. The molecule has 0 saturated heterocycles. The first-order valence-electron chi connectivity index (χ1n) is 4.41. The molecule has 0 heterocycles. The van der Waals surface area contributed by atoms with Crippen molar-refractivity contribution < 1.29 is 13.2 Å². The van der Waals surface area contributed by atoms with Crippen LogP contribution in [0.3, 0.4) is 0 Å². The van der Waals surface area contributed by atoms with Crippen LogP contribution in [0.25, 0.3) is 0 Å². The van der Waals surface area contributed by atoms with E-state index < -0.39 is 11.7 Å². The van der Waals surface area contributed by atoms with Crippen LogP contribution in [0.15, 0.2) is 36.0 Å². The standard InChI is InChI=1S/C11H6F3N3/c12-11(13,14)9-1-3-10(4-2-9)17-7-8(5-15)6-16/h1-4,7,17H. The number of nitriles is 2. The second-order valence-corrected chi connectivity index (χ2v) is 3.00. The first-order chi connectivity index (χ1) is 7.97. The summed E-state index contributed by atoms with van der Waals surface area (Å²) in [6.45, 7) is 0. The molecule has 0 aromatic heterocycles. The van der Waals surface area contributed by atoms with Gasteiger partial charge in [-0.15, -0.1) is 0 Å². The number of benzene rings is 1. The summed E-state index contributed by atoms with van der Waals surface area (Å²) < 4.78 is 36.7. The lowest BCUT2D eigenvalue weighted by Gasteiger charge is -2.07. The lowest BCUT2D eigenvalue weighted by atomic mass is 10.2. The minimum Gasteiger partial charge on any atom is -0.360 e. The molecule has 0 aliphatic rings. The normalized spacial score (nSPS) is 9.94. The van der Waals surface area contributed by atoms with Gasteiger partial charge in [0, 0.05) is 11.9 Å². The van der Waals surface area contributed by atoms with E-state index in [1.807, 2.05) is 0 Å². The SMILES string of the molecule is N#CC(C#N)=CNc1ccc(C(F)(F)F)cc1. The molecule has 17 heavy (non-hydrogen) atoms. The van der Waals surface area contributed by atoms with Gasteiger partial charge in [-0.25, -0.2) is 0 Å². The summed E-state index contributed by atoms with van der Waals surface area (Å²) in [7, 11) is 0. The van der Waals surface area contributed by atoms with Crippen molar-refractivity contribution >= 4 is 5.69 Å². The van der Waals surface area contributed by atoms with E-state index in [-0.39, 0.29) is 5.57 Å². The van der Waals surface area contributed by atoms with Crippen LogP contribution in [-0.2, 0) is 6.18 Å². The van der Waals surface area contributed by atoms with Gasteiger partial charge < -0.3 is 5.32 Å². The van der Waals surface area contributed by atoms with Gasteiger partial charge in [0.05, 0.1) is 5.56 Å². The maximum Gasteiger partial charge on any atom is 0.416 e. The van der Waals surface area contributed by atoms with Crippen LogP contribution in [0.4, 0.5) is 18.9 Å². The number of hydrogen-bond acceptors (Lipinski definition) is 3. The number of nitrogens with zero attached hydrogens (tertiary/aromatic N) is 2. The third-order valence-corrected chi connectivity index (χ3v) is 1.84. The van der Waals surface area contributed by atoms with Crippen LogP contribution in [0, 0.1) is 22.7 Å². The van der Waals surface area contributed by atoms with Crippen molar-refractivity contribution in [2.24, 2.45) is 0 Å². The van der Waals surface area contributed by atoms with E-state index in [2.05, 4.69) is 5.32 Å². The molecule has 0 spiro atoms. The lowest BCUT2D eigenvalue weighted by molar-refractivity contribution is -0.137. The minimum atomic E-state index is -4.38. The van der Waals surface area contributed by atoms with E-state index in [9.17, 15) is 13.2 Å². The van der Waals surface area contributed by atoms with Gasteiger partial charge in [-0.3, -0.25) is 0 Å². The molecule has 86 valence electrons. The van der Waals surface area contributed by atoms with Crippen LogP contribution < -0.4 is 5.32 Å². The fraction of sp³-hybridized carbons (Fsp3) is 0.0909. The highest BCUT2D eigenvalue weighted by atomic mass is 19.4. The van der Waals surface area contributed by atoms with Crippen molar-refractivity contribution in [2.75, 3.05) is 5.32 Å². The number of hydrogen-bond donors (Lipinski definition) is 1. The Morgan fingerprint density at radius 2 is 1.65 bits per heavy atom. The average Bonchev–Trinajstić information content (AvgIpc) is 2.30. The highest BCUT2D eigenvalue weighted by molar-refractivity contribution is 5.50. The van der Waals surface area contributed by atoms with E-state index >= 15 is 0 Å². The average molecular weight is 237 g/mol. The molecule has 0 saturated carbocycles. The summed E-state index contributed by atoms with van der Waals surface area (Å²) in [6.07, 6.45) is -3.25. The molecule has 0 atom stereocenters. The Morgan fingerprint density at radius 1 is 1.12 bits per heavy atom. The molecule has 0 amide bonds. The quantitative estimate of drug-likeness (QED) is 0.804. The molecule has 0 radical (unpaired) electrons. The number of nitrogens with one attached hydrogen (secondary N) is 1. The number of allylic oxidation sites excluding steroid dienone is 1. The van der Waals surface area contributed by atoms with E-state index in [1.165, 1.54) is 12.1 Å². The van der Waals surface area contributed by atoms with Crippen molar-refractivity contribution in [1.82, 2.24) is 0 Å². The van der Waals surface area contributed by atoms with E-state index in [1.54, 1.807) is 12.1 Å². The Balaban J connectivity index is 2.81. The van der Waals surface area contributed by atoms with Crippen molar-refractivity contribution in [1.29, 1.82) is 10.5 Å². The van der Waals surface area contributed by atoms with E-state index in [0.717, 1.165) is 18.3 Å². The second kappa shape index (κ2) is 5.04. The van der Waals surface area contributed by atoms with Gasteiger partial charge in [0.2, 0.25) is 0 Å². The molecule has 0 unspecified atom stereocenters. The van der Waals surface area contributed by atoms with Crippen LogP contribution >= 0.6 is 0 Å². The second-order valence-electron chi connectivity index (χ2n) is 3.00. The summed E-state index contributed by atoms with van der Waals surface area (Å²) in [4.78, 5) is 0. The van der Waals surface area contributed by atoms with Gasteiger partial charge in [0.1, 0.15) is 17.7 Å². The number of halogens is 3. The molecule has 1 N–H and O–H groups in total. The molecule has 1 aromatic rings. The molecule has 0 aliphatic heterocycles. The van der Waals surface area contributed by atoms with Gasteiger partial charge in [0.15, 0.2) is 0 Å². The van der Waals surface area contributed by atoms with Gasteiger partial charge >= 0.3 is 6.18 Å². The monoisotopic (exact) mass is 237 g/mol. The van der Waals surface area contributed by atoms with Crippen molar-refractivity contribution in [3.05, 3.63) is 41.6 Å². The molecule has 1 aromatic carbocycles. The van der Waals surface area contributed by atoms with Gasteiger partial charge in [-0.05, 0) is 24.3 Å². The third-order valence-electron chi connectivity index (χ3n) is 1.84. The summed E-state index contributed by atoms with van der Waals surface area (Å²) in [5.41, 5.74) is -0.557. The maximum atomic E-state index is 12.2. The first kappa shape index (κ1) is 12.6. The van der Waals surface area contributed by atoms with Crippen molar-refractivity contribution in [3.63, 3.8) is 0 Å². The zero-order valence-corrected chi connectivity index (χ0v) is 8.42. The highest BCUT2D eigenvalue weighted by Gasteiger charge is 2.29. The molecule has 6 heteroatoms. The molecule has 1 rings (SSSR count). The third kappa shape index (κ3) is 3.54. The summed E-state index contributed by atoms with van der Waals surface area (Å²) in [6, 6.07) is 7.48. The van der Waals surface area contributed by atoms with Crippen LogP contribution in [0.1, 0.15) is 5.56 Å². The smallest absolute Gasteiger partial charge is 0.360 e. The molecular weight excluding hydrogens is 231 g/mol. The first-order valence-corrected chi connectivity index (χ1v) is 4.41. The molecule has 0 bridgehead atoms. The van der Waals surface area contributed by atoms with Crippen LogP contribution in [0.2, 0.25) is 0 Å². The van der Waals surface area contributed by atoms with Gasteiger partial charge in [0.25, 0.3) is 0 Å². The summed E-state index contributed by atoms with van der Waals surface area (Å²) >= 11 is 0. The van der Waals surface area contributed by atoms with Gasteiger partial charge in [-0.2, -0.15) is 23.7 Å². The predicted octanol–water partition coefficient (Wildman–Crippen LogP) is 3.05. The zero-order valence-electron chi connectivity index (χ0n) is 8.42. The van der Waals surface area contributed by atoms with E-state index in [4.69, 9.17) is 10.5 Å². The molecular formula is C11H6F3N3. The molecule has 0 fully saturated rings. The Bertz CT molecular complexity index is 485. The topological polar surface area (TPSA) is 59.6 Å². The molecule has 0 aliphatic carbocycles. The molecule has 3 nitrogen and oxygen atoms in total. The Hall–Kier alpha value is -2.47. The van der Waals surface area contributed by atoms with Crippen molar-refractivity contribution in [2.45, 2.75) is 6.18 Å². The lowest BCUT2D eigenvalue weighted by Crippen LogP contribution is -2.04. The minimum absolute atomic E-state index is 0.162. The summed E-state index contributed by atoms with van der Waals surface area (Å²) in [5.74, 6) is 0. The fourth-order valence-electron chi connectivity index (χ4n) is 1.00. The van der Waals surface area contributed by atoms with E-state index in [0.29, 0.717) is 5.69 Å².